The minimum atomic E-state index is -3.25. The number of carbonyl (C=O) groups excluding carboxylic acids is 2. The Morgan fingerprint density at radius 3 is 2.38 bits per heavy atom. The summed E-state index contributed by atoms with van der Waals surface area (Å²) in [5.74, 6) is -0.944. The number of hydrogen-bond acceptors (Lipinski definition) is 4. The molecule has 0 spiro atoms. The number of fused-ring (bicyclic) bond motifs is 1. The van der Waals surface area contributed by atoms with Crippen LogP contribution in [0.4, 0.5) is 14.9 Å². The molecular weight excluding hydrogens is 517 g/mol. The van der Waals surface area contributed by atoms with Crippen molar-refractivity contribution in [2.75, 3.05) is 23.7 Å². The van der Waals surface area contributed by atoms with E-state index in [0.29, 0.717) is 5.69 Å². The van der Waals surface area contributed by atoms with Crippen LogP contribution in [0.25, 0.3) is 22.0 Å². The second kappa shape index (κ2) is 10.3. The predicted octanol–water partition coefficient (Wildman–Crippen LogP) is 5.43. The van der Waals surface area contributed by atoms with Crippen LogP contribution < -0.4 is 4.90 Å². The number of benzene rings is 3. The number of sulfone groups is 1. The smallest absolute Gasteiger partial charge is 0.324 e. The van der Waals surface area contributed by atoms with Crippen molar-refractivity contribution in [3.63, 3.8) is 0 Å². The molecule has 2 heterocycles. The minimum Gasteiger partial charge on any atom is -0.351 e. The molecule has 3 aromatic carbocycles. The third-order valence-corrected chi connectivity index (χ3v) is 9.55. The fourth-order valence-corrected chi connectivity index (χ4v) is 6.21. The molecule has 1 fully saturated rings. The van der Waals surface area contributed by atoms with E-state index in [0.717, 1.165) is 22.0 Å². The number of hydrogen-bond donors (Lipinski definition) is 0. The Hall–Kier alpha value is -3.98. The van der Waals surface area contributed by atoms with Crippen molar-refractivity contribution in [3.05, 3.63) is 89.9 Å². The second-order valence-corrected chi connectivity index (χ2v) is 12.6. The molecular formula is C30H30FN3O4S. The van der Waals surface area contributed by atoms with Crippen molar-refractivity contribution in [1.29, 1.82) is 0 Å². The van der Waals surface area contributed by atoms with Gasteiger partial charge in [0, 0.05) is 54.1 Å². The van der Waals surface area contributed by atoms with Crippen molar-refractivity contribution in [2.24, 2.45) is 7.05 Å². The van der Waals surface area contributed by atoms with Gasteiger partial charge in [-0.3, -0.25) is 9.69 Å². The number of halogens is 1. The van der Waals surface area contributed by atoms with Crippen LogP contribution in [-0.4, -0.2) is 53.8 Å². The van der Waals surface area contributed by atoms with E-state index >= 15 is 0 Å². The minimum absolute atomic E-state index is 0.0681. The maximum Gasteiger partial charge on any atom is 0.324 e. The van der Waals surface area contributed by atoms with E-state index in [4.69, 9.17) is 0 Å². The molecule has 0 radical (unpaired) electrons. The fourth-order valence-electron chi connectivity index (χ4n) is 4.93. The van der Waals surface area contributed by atoms with Gasteiger partial charge in [0.15, 0.2) is 15.6 Å². The van der Waals surface area contributed by atoms with Gasteiger partial charge in [-0.1, -0.05) is 30.3 Å². The zero-order valence-corrected chi connectivity index (χ0v) is 22.9. The first-order valence-electron chi connectivity index (χ1n) is 12.8. The van der Waals surface area contributed by atoms with Crippen molar-refractivity contribution < 1.29 is 22.4 Å². The van der Waals surface area contributed by atoms with E-state index in [1.807, 2.05) is 43.6 Å². The van der Waals surface area contributed by atoms with E-state index in [2.05, 4.69) is 22.8 Å². The first kappa shape index (κ1) is 26.6. The van der Waals surface area contributed by atoms with Crippen LogP contribution in [0, 0.1) is 5.82 Å². The van der Waals surface area contributed by atoms with E-state index in [1.165, 1.54) is 28.9 Å². The van der Waals surface area contributed by atoms with Crippen LogP contribution in [-0.2, 0) is 23.4 Å². The molecule has 7 nitrogen and oxygen atoms in total. The van der Waals surface area contributed by atoms with Gasteiger partial charge in [-0.05, 0) is 61.4 Å². The summed E-state index contributed by atoms with van der Waals surface area (Å²) in [4.78, 5) is 28.4. The number of Topliss-reactive ketones (excluding diaryl/α,β-unsaturated/α-hetero) is 1. The lowest BCUT2D eigenvalue weighted by molar-refractivity contribution is 0.101. The van der Waals surface area contributed by atoms with Crippen molar-refractivity contribution in [1.82, 2.24) is 9.47 Å². The molecule has 1 saturated heterocycles. The van der Waals surface area contributed by atoms with Gasteiger partial charge in [0.1, 0.15) is 5.82 Å². The molecule has 1 atom stereocenters. The highest BCUT2D eigenvalue weighted by Crippen LogP contribution is 2.29. The molecule has 202 valence electrons. The lowest BCUT2D eigenvalue weighted by Gasteiger charge is -2.35. The van der Waals surface area contributed by atoms with Gasteiger partial charge in [-0.25, -0.2) is 17.6 Å². The standard InChI is InChI=1S/C30H30FN3O4S/c1-20-18-33(14-15-39(20,37)38)30(36)34(19-26-5-4-23(21(2)35)17-28(26)31)27-9-6-22(7-10-27)24-8-11-29-25(16-24)12-13-32(29)3/h4-13,16-17,20H,14-15,18-19H2,1-3H3/t20-/m0/s1. The average Bonchev–Trinajstić information content (AvgIpc) is 3.29. The van der Waals surface area contributed by atoms with Crippen molar-refractivity contribution in [2.45, 2.75) is 25.6 Å². The number of anilines is 1. The summed E-state index contributed by atoms with van der Waals surface area (Å²) in [6.45, 7) is 3.03. The highest BCUT2D eigenvalue weighted by atomic mass is 32.2. The van der Waals surface area contributed by atoms with Gasteiger partial charge in [-0.15, -0.1) is 0 Å². The van der Waals surface area contributed by atoms with Crippen LogP contribution in [0.5, 0.6) is 0 Å². The number of rotatable bonds is 5. The summed E-state index contributed by atoms with van der Waals surface area (Å²) in [7, 11) is -1.26. The highest BCUT2D eigenvalue weighted by molar-refractivity contribution is 7.92. The van der Waals surface area contributed by atoms with Crippen LogP contribution in [0.3, 0.4) is 0 Å². The van der Waals surface area contributed by atoms with Gasteiger partial charge in [-0.2, -0.15) is 0 Å². The molecule has 1 aliphatic heterocycles. The lowest BCUT2D eigenvalue weighted by Crippen LogP contribution is -2.52. The second-order valence-electron chi connectivity index (χ2n) is 10.1. The van der Waals surface area contributed by atoms with Crippen LogP contribution >= 0.6 is 0 Å². The third-order valence-electron chi connectivity index (χ3n) is 7.42. The summed E-state index contributed by atoms with van der Waals surface area (Å²) in [6, 6.07) is 19.6. The zero-order chi connectivity index (χ0) is 27.9. The zero-order valence-electron chi connectivity index (χ0n) is 22.1. The Labute approximate surface area is 227 Å². The number of aromatic nitrogens is 1. The van der Waals surface area contributed by atoms with Crippen LogP contribution in [0.15, 0.2) is 72.9 Å². The maximum absolute atomic E-state index is 15.0. The van der Waals surface area contributed by atoms with E-state index in [1.54, 1.807) is 13.0 Å². The van der Waals surface area contributed by atoms with Gasteiger partial charge in [0.05, 0.1) is 17.5 Å². The highest BCUT2D eigenvalue weighted by Gasteiger charge is 2.34. The Kier molecular flexibility index (Phi) is 7.03. The molecule has 5 rings (SSSR count). The van der Waals surface area contributed by atoms with Crippen molar-refractivity contribution in [3.8, 4) is 11.1 Å². The third kappa shape index (κ3) is 5.31. The number of aryl methyl sites for hydroxylation is 1. The Balaban J connectivity index is 1.47. The molecule has 0 unspecified atom stereocenters. The number of ketones is 1. The maximum atomic E-state index is 15.0. The normalized spacial score (nSPS) is 16.8. The molecule has 0 aliphatic carbocycles. The largest absolute Gasteiger partial charge is 0.351 e. The number of carbonyl (C=O) groups is 2. The molecule has 0 N–H and O–H groups in total. The van der Waals surface area contributed by atoms with Crippen LogP contribution in [0.1, 0.15) is 29.8 Å². The lowest BCUT2D eigenvalue weighted by atomic mass is 10.0. The quantitative estimate of drug-likeness (QED) is 0.312. The summed E-state index contributed by atoms with van der Waals surface area (Å²) < 4.78 is 41.5. The molecule has 0 bridgehead atoms. The number of amides is 2. The summed E-state index contributed by atoms with van der Waals surface area (Å²) in [5.41, 5.74) is 4.18. The predicted molar refractivity (Wildman–Crippen MR) is 151 cm³/mol. The van der Waals surface area contributed by atoms with E-state index < -0.39 is 26.9 Å². The molecule has 4 aromatic rings. The van der Waals surface area contributed by atoms with Gasteiger partial charge in [0.2, 0.25) is 0 Å². The molecule has 39 heavy (non-hydrogen) atoms. The van der Waals surface area contributed by atoms with Gasteiger partial charge < -0.3 is 9.47 Å². The van der Waals surface area contributed by atoms with Gasteiger partial charge >= 0.3 is 6.03 Å². The fraction of sp³-hybridized carbons (Fsp3) is 0.267. The molecule has 2 amide bonds. The molecule has 0 saturated carbocycles. The van der Waals surface area contributed by atoms with Crippen molar-refractivity contribution >= 4 is 38.2 Å². The Morgan fingerprint density at radius 2 is 1.72 bits per heavy atom. The molecule has 9 heteroatoms. The SMILES string of the molecule is CC(=O)c1ccc(CN(C(=O)N2CCS(=O)(=O)[C@@H](C)C2)c2ccc(-c3ccc4c(ccn4C)c3)cc2)c(F)c1. The summed E-state index contributed by atoms with van der Waals surface area (Å²) in [6.07, 6.45) is 2.01. The van der Waals surface area contributed by atoms with Gasteiger partial charge in [0.25, 0.3) is 0 Å². The average molecular weight is 548 g/mol. The summed E-state index contributed by atoms with van der Waals surface area (Å²) >= 11 is 0. The topological polar surface area (TPSA) is 79.7 Å². The van der Waals surface area contributed by atoms with E-state index in [9.17, 15) is 22.4 Å². The number of urea groups is 1. The first-order valence-corrected chi connectivity index (χ1v) is 14.5. The first-order chi connectivity index (χ1) is 18.5. The Morgan fingerprint density at radius 1 is 1.00 bits per heavy atom. The molecule has 1 aliphatic rings. The van der Waals surface area contributed by atoms with E-state index in [-0.39, 0.29) is 42.3 Å². The number of nitrogens with zero attached hydrogens (tertiary/aromatic N) is 3. The monoisotopic (exact) mass is 547 g/mol. The summed E-state index contributed by atoms with van der Waals surface area (Å²) in [5, 5.41) is 0.438. The Bertz CT molecular complexity index is 1680. The molecule has 1 aromatic heterocycles. The van der Waals surface area contributed by atoms with Crippen LogP contribution in [0.2, 0.25) is 0 Å².